The summed E-state index contributed by atoms with van der Waals surface area (Å²) >= 11 is 2.33. The smallest absolute Gasteiger partial charge is 0.0492 e. The molecule has 0 aliphatic heterocycles. The van der Waals surface area contributed by atoms with Crippen LogP contribution in [0.2, 0.25) is 0 Å². The van der Waals surface area contributed by atoms with E-state index in [2.05, 4.69) is 63.3 Å². The molecule has 0 amide bonds. The summed E-state index contributed by atoms with van der Waals surface area (Å²) in [6, 6.07) is 11.2. The molecular weight excluding hydrogens is 337 g/mol. The molecule has 96 valence electrons. The van der Waals surface area contributed by atoms with Gasteiger partial charge in [0.05, 0.1) is 0 Å². The lowest BCUT2D eigenvalue weighted by atomic mass is 10.0. The van der Waals surface area contributed by atoms with Gasteiger partial charge in [-0.05, 0) is 66.2 Å². The van der Waals surface area contributed by atoms with Gasteiger partial charge in [-0.2, -0.15) is 5.10 Å². The maximum absolute atomic E-state index is 4.20. The topological polar surface area (TPSA) is 29.9 Å². The Kier molecular flexibility index (Phi) is 4.77. The molecule has 1 heterocycles. The van der Waals surface area contributed by atoms with Gasteiger partial charge in [0.2, 0.25) is 0 Å². The molecule has 0 radical (unpaired) electrons. The van der Waals surface area contributed by atoms with Gasteiger partial charge in [-0.15, -0.1) is 0 Å². The minimum atomic E-state index is 0.400. The van der Waals surface area contributed by atoms with E-state index in [0.29, 0.717) is 6.04 Å². The summed E-state index contributed by atoms with van der Waals surface area (Å²) in [5.74, 6) is 0. The van der Waals surface area contributed by atoms with Gasteiger partial charge in [0.15, 0.2) is 0 Å². The molecule has 18 heavy (non-hydrogen) atoms. The molecule has 0 saturated carbocycles. The second-order valence-corrected chi connectivity index (χ2v) is 5.62. The van der Waals surface area contributed by atoms with E-state index >= 15 is 0 Å². The Hall–Kier alpha value is -0.880. The summed E-state index contributed by atoms with van der Waals surface area (Å²) in [6.45, 7) is 0. The Morgan fingerprint density at radius 1 is 1.28 bits per heavy atom. The van der Waals surface area contributed by atoms with Gasteiger partial charge in [-0.25, -0.2) is 0 Å². The zero-order chi connectivity index (χ0) is 13.0. The van der Waals surface area contributed by atoms with Crippen molar-refractivity contribution in [2.75, 3.05) is 7.05 Å². The van der Waals surface area contributed by atoms with Crippen LogP contribution in [0.15, 0.2) is 36.5 Å². The lowest BCUT2D eigenvalue weighted by Crippen LogP contribution is -2.17. The molecule has 3 nitrogen and oxygen atoms in total. The predicted octanol–water partition coefficient (Wildman–Crippen LogP) is 2.92. The maximum Gasteiger partial charge on any atom is 0.0492 e. The average molecular weight is 355 g/mol. The Morgan fingerprint density at radius 3 is 2.56 bits per heavy atom. The minimum absolute atomic E-state index is 0.400. The fourth-order valence-corrected chi connectivity index (χ4v) is 2.47. The van der Waals surface area contributed by atoms with Crippen molar-refractivity contribution in [1.29, 1.82) is 0 Å². The fourth-order valence-electron chi connectivity index (χ4n) is 2.11. The SMILES string of the molecule is CNC(CCc1ccnn1C)c1ccc(I)cc1. The molecule has 0 aliphatic rings. The van der Waals surface area contributed by atoms with Crippen molar-refractivity contribution in [2.45, 2.75) is 18.9 Å². The summed E-state index contributed by atoms with van der Waals surface area (Å²) in [5, 5.41) is 7.59. The van der Waals surface area contributed by atoms with E-state index in [1.165, 1.54) is 14.8 Å². The van der Waals surface area contributed by atoms with E-state index in [1.54, 1.807) is 0 Å². The van der Waals surface area contributed by atoms with Crippen LogP contribution < -0.4 is 5.32 Å². The molecule has 4 heteroatoms. The van der Waals surface area contributed by atoms with E-state index in [0.717, 1.165) is 12.8 Å². The van der Waals surface area contributed by atoms with Crippen LogP contribution in [0.3, 0.4) is 0 Å². The van der Waals surface area contributed by atoms with Crippen molar-refractivity contribution in [1.82, 2.24) is 15.1 Å². The Bertz CT molecular complexity index is 490. The molecule has 1 atom stereocenters. The summed E-state index contributed by atoms with van der Waals surface area (Å²) in [6.07, 6.45) is 3.97. The highest BCUT2D eigenvalue weighted by atomic mass is 127. The van der Waals surface area contributed by atoms with Crippen LogP contribution in [0.1, 0.15) is 23.7 Å². The first-order valence-electron chi connectivity index (χ1n) is 6.10. The van der Waals surface area contributed by atoms with Gasteiger partial charge < -0.3 is 5.32 Å². The van der Waals surface area contributed by atoms with Crippen molar-refractivity contribution in [3.05, 3.63) is 51.4 Å². The van der Waals surface area contributed by atoms with E-state index < -0.39 is 0 Å². The number of nitrogens with one attached hydrogen (secondary N) is 1. The van der Waals surface area contributed by atoms with Gasteiger partial charge in [-0.1, -0.05) is 12.1 Å². The largest absolute Gasteiger partial charge is 0.313 e. The van der Waals surface area contributed by atoms with Crippen LogP contribution >= 0.6 is 22.6 Å². The summed E-state index contributed by atoms with van der Waals surface area (Å²) in [4.78, 5) is 0. The maximum atomic E-state index is 4.20. The highest BCUT2D eigenvalue weighted by molar-refractivity contribution is 14.1. The van der Waals surface area contributed by atoms with Crippen molar-refractivity contribution >= 4 is 22.6 Å². The number of hydrogen-bond acceptors (Lipinski definition) is 2. The minimum Gasteiger partial charge on any atom is -0.313 e. The molecular formula is C14H18IN3. The second-order valence-electron chi connectivity index (χ2n) is 4.38. The zero-order valence-electron chi connectivity index (χ0n) is 10.7. The lowest BCUT2D eigenvalue weighted by Gasteiger charge is -2.16. The summed E-state index contributed by atoms with van der Waals surface area (Å²) in [7, 11) is 4.01. The predicted molar refractivity (Wildman–Crippen MR) is 82.5 cm³/mol. The third-order valence-electron chi connectivity index (χ3n) is 3.23. The van der Waals surface area contributed by atoms with Crippen LogP contribution in [0.4, 0.5) is 0 Å². The lowest BCUT2D eigenvalue weighted by molar-refractivity contribution is 0.535. The fraction of sp³-hybridized carbons (Fsp3) is 0.357. The van der Waals surface area contributed by atoms with Crippen LogP contribution in [0, 0.1) is 3.57 Å². The molecule has 1 aromatic carbocycles. The van der Waals surface area contributed by atoms with Gasteiger partial charge in [0.25, 0.3) is 0 Å². The first kappa shape index (κ1) is 13.5. The van der Waals surface area contributed by atoms with Crippen molar-refractivity contribution in [3.8, 4) is 0 Å². The molecule has 0 spiro atoms. The molecule has 0 saturated heterocycles. The standard InChI is InChI=1S/C14H18IN3/c1-16-14(11-3-5-12(15)6-4-11)8-7-13-9-10-17-18(13)2/h3-6,9-10,14,16H,7-8H2,1-2H3. The number of aryl methyl sites for hydroxylation is 2. The number of aromatic nitrogens is 2. The van der Waals surface area contributed by atoms with Crippen LogP contribution in [-0.2, 0) is 13.5 Å². The second kappa shape index (κ2) is 6.33. The average Bonchev–Trinajstić information content (AvgIpc) is 2.78. The van der Waals surface area contributed by atoms with Gasteiger partial charge in [0, 0.05) is 28.6 Å². The Morgan fingerprint density at radius 2 is 2.00 bits per heavy atom. The molecule has 1 N–H and O–H groups in total. The number of benzene rings is 1. The van der Waals surface area contributed by atoms with Gasteiger partial charge >= 0.3 is 0 Å². The third kappa shape index (κ3) is 3.32. The Balaban J connectivity index is 2.01. The zero-order valence-corrected chi connectivity index (χ0v) is 12.9. The van der Waals surface area contributed by atoms with Crippen molar-refractivity contribution in [3.63, 3.8) is 0 Å². The number of halogens is 1. The number of rotatable bonds is 5. The van der Waals surface area contributed by atoms with Crippen LogP contribution in [-0.4, -0.2) is 16.8 Å². The van der Waals surface area contributed by atoms with Crippen LogP contribution in [0.5, 0.6) is 0 Å². The van der Waals surface area contributed by atoms with Gasteiger partial charge in [-0.3, -0.25) is 4.68 Å². The van der Waals surface area contributed by atoms with E-state index in [4.69, 9.17) is 0 Å². The van der Waals surface area contributed by atoms with E-state index in [1.807, 2.05) is 25.0 Å². The first-order chi connectivity index (χ1) is 8.70. The monoisotopic (exact) mass is 355 g/mol. The normalized spacial score (nSPS) is 12.6. The quantitative estimate of drug-likeness (QED) is 0.836. The summed E-state index contributed by atoms with van der Waals surface area (Å²) in [5.41, 5.74) is 2.63. The summed E-state index contributed by atoms with van der Waals surface area (Å²) < 4.78 is 3.22. The van der Waals surface area contributed by atoms with Crippen LogP contribution in [0.25, 0.3) is 0 Å². The third-order valence-corrected chi connectivity index (χ3v) is 3.95. The molecule has 0 bridgehead atoms. The molecule has 0 fully saturated rings. The highest BCUT2D eigenvalue weighted by Crippen LogP contribution is 2.19. The number of nitrogens with zero attached hydrogens (tertiary/aromatic N) is 2. The molecule has 2 aromatic rings. The van der Waals surface area contributed by atoms with Crippen molar-refractivity contribution in [2.24, 2.45) is 7.05 Å². The first-order valence-corrected chi connectivity index (χ1v) is 7.18. The van der Waals surface area contributed by atoms with Gasteiger partial charge in [0.1, 0.15) is 0 Å². The van der Waals surface area contributed by atoms with E-state index in [9.17, 15) is 0 Å². The molecule has 2 rings (SSSR count). The molecule has 0 aliphatic carbocycles. The van der Waals surface area contributed by atoms with Crippen molar-refractivity contribution < 1.29 is 0 Å². The van der Waals surface area contributed by atoms with E-state index in [-0.39, 0.29) is 0 Å². The molecule has 1 aromatic heterocycles. The molecule has 1 unspecified atom stereocenters. The number of hydrogen-bond donors (Lipinski definition) is 1. The highest BCUT2D eigenvalue weighted by Gasteiger charge is 2.10. The Labute approximate surface area is 122 Å².